The lowest BCUT2D eigenvalue weighted by Gasteiger charge is -2.11. The molecule has 0 aliphatic carbocycles. The van der Waals surface area contributed by atoms with E-state index in [2.05, 4.69) is 22.9 Å². The number of hydrogen-bond acceptors (Lipinski definition) is 2. The SMILES string of the molecule is CCCN1Cc2cccnc2C1. The van der Waals surface area contributed by atoms with Crippen molar-refractivity contribution in [1.82, 2.24) is 9.88 Å². The van der Waals surface area contributed by atoms with Crippen molar-refractivity contribution in [2.24, 2.45) is 0 Å². The van der Waals surface area contributed by atoms with Crippen LogP contribution in [0.2, 0.25) is 0 Å². The van der Waals surface area contributed by atoms with Gasteiger partial charge in [0.05, 0.1) is 5.69 Å². The molecule has 0 atom stereocenters. The first-order valence-electron chi connectivity index (χ1n) is 4.55. The summed E-state index contributed by atoms with van der Waals surface area (Å²) in [7, 11) is 0. The fourth-order valence-electron chi connectivity index (χ4n) is 1.74. The van der Waals surface area contributed by atoms with E-state index in [1.165, 1.54) is 24.2 Å². The standard InChI is InChI=1S/C10H14N2/c1-2-6-12-7-9-4-3-5-11-10(9)8-12/h3-5H,2,6-8H2,1H3. The maximum Gasteiger partial charge on any atom is 0.0589 e. The zero-order valence-electron chi connectivity index (χ0n) is 7.45. The van der Waals surface area contributed by atoms with Gasteiger partial charge in [0.15, 0.2) is 0 Å². The second-order valence-corrected chi connectivity index (χ2v) is 3.32. The molecule has 0 radical (unpaired) electrons. The van der Waals surface area contributed by atoms with Gasteiger partial charge in [0.2, 0.25) is 0 Å². The average Bonchev–Trinajstić information content (AvgIpc) is 2.47. The van der Waals surface area contributed by atoms with Crippen molar-refractivity contribution >= 4 is 0 Å². The first-order valence-corrected chi connectivity index (χ1v) is 4.55. The Morgan fingerprint density at radius 3 is 3.17 bits per heavy atom. The van der Waals surface area contributed by atoms with E-state index >= 15 is 0 Å². The lowest BCUT2D eigenvalue weighted by Crippen LogP contribution is -2.16. The first-order chi connectivity index (χ1) is 5.90. The van der Waals surface area contributed by atoms with Gasteiger partial charge in [0.25, 0.3) is 0 Å². The predicted molar refractivity (Wildman–Crippen MR) is 48.6 cm³/mol. The maximum absolute atomic E-state index is 4.35. The molecule has 0 spiro atoms. The van der Waals surface area contributed by atoms with Crippen molar-refractivity contribution in [3.05, 3.63) is 29.6 Å². The Morgan fingerprint density at radius 2 is 2.42 bits per heavy atom. The van der Waals surface area contributed by atoms with E-state index in [1.54, 1.807) is 0 Å². The molecule has 12 heavy (non-hydrogen) atoms. The number of pyridine rings is 1. The number of hydrogen-bond donors (Lipinski definition) is 0. The topological polar surface area (TPSA) is 16.1 Å². The Kier molecular flexibility index (Phi) is 2.09. The summed E-state index contributed by atoms with van der Waals surface area (Å²) in [5, 5.41) is 0. The summed E-state index contributed by atoms with van der Waals surface area (Å²) >= 11 is 0. The summed E-state index contributed by atoms with van der Waals surface area (Å²) < 4.78 is 0. The van der Waals surface area contributed by atoms with Crippen LogP contribution in [0.4, 0.5) is 0 Å². The summed E-state index contributed by atoms with van der Waals surface area (Å²) in [5.74, 6) is 0. The van der Waals surface area contributed by atoms with Gasteiger partial charge in [-0.3, -0.25) is 9.88 Å². The van der Waals surface area contributed by atoms with Crippen molar-refractivity contribution in [1.29, 1.82) is 0 Å². The normalized spacial score (nSPS) is 16.4. The van der Waals surface area contributed by atoms with E-state index in [4.69, 9.17) is 0 Å². The second kappa shape index (κ2) is 3.23. The summed E-state index contributed by atoms with van der Waals surface area (Å²) in [6.07, 6.45) is 3.11. The largest absolute Gasteiger partial charge is 0.293 e. The Balaban J connectivity index is 2.11. The number of fused-ring (bicyclic) bond motifs is 1. The van der Waals surface area contributed by atoms with Gasteiger partial charge in [0.1, 0.15) is 0 Å². The van der Waals surface area contributed by atoms with Crippen LogP contribution in [-0.2, 0) is 13.1 Å². The first kappa shape index (κ1) is 7.74. The Labute approximate surface area is 73.2 Å². The quantitative estimate of drug-likeness (QED) is 0.659. The van der Waals surface area contributed by atoms with Crippen molar-refractivity contribution in [2.75, 3.05) is 6.54 Å². The van der Waals surface area contributed by atoms with E-state index in [-0.39, 0.29) is 0 Å². The molecule has 2 nitrogen and oxygen atoms in total. The van der Waals surface area contributed by atoms with Gasteiger partial charge in [-0.1, -0.05) is 13.0 Å². The lowest BCUT2D eigenvalue weighted by atomic mass is 10.2. The van der Waals surface area contributed by atoms with Crippen molar-refractivity contribution < 1.29 is 0 Å². The van der Waals surface area contributed by atoms with Gasteiger partial charge < -0.3 is 0 Å². The van der Waals surface area contributed by atoms with Crippen LogP contribution < -0.4 is 0 Å². The summed E-state index contributed by atoms with van der Waals surface area (Å²) in [5.41, 5.74) is 2.68. The highest BCUT2D eigenvalue weighted by Gasteiger charge is 2.17. The highest BCUT2D eigenvalue weighted by atomic mass is 15.1. The third kappa shape index (κ3) is 1.34. The molecule has 1 aliphatic heterocycles. The van der Waals surface area contributed by atoms with Crippen molar-refractivity contribution in [3.63, 3.8) is 0 Å². The van der Waals surface area contributed by atoms with E-state index in [9.17, 15) is 0 Å². The van der Waals surface area contributed by atoms with Gasteiger partial charge in [-0.2, -0.15) is 0 Å². The maximum atomic E-state index is 4.35. The van der Waals surface area contributed by atoms with Crippen molar-refractivity contribution in [3.8, 4) is 0 Å². The molecule has 1 aliphatic rings. The Hall–Kier alpha value is -0.890. The highest BCUT2D eigenvalue weighted by molar-refractivity contribution is 5.23. The molecule has 0 unspecified atom stereocenters. The predicted octanol–water partition coefficient (Wildman–Crippen LogP) is 1.81. The minimum atomic E-state index is 1.05. The highest BCUT2D eigenvalue weighted by Crippen LogP contribution is 2.19. The molecule has 0 fully saturated rings. The molecule has 0 bridgehead atoms. The molecule has 2 heterocycles. The minimum absolute atomic E-state index is 1.05. The molecule has 0 N–H and O–H groups in total. The van der Waals surface area contributed by atoms with E-state index < -0.39 is 0 Å². The second-order valence-electron chi connectivity index (χ2n) is 3.32. The minimum Gasteiger partial charge on any atom is -0.293 e. The molecule has 0 amide bonds. The average molecular weight is 162 g/mol. The fourth-order valence-corrected chi connectivity index (χ4v) is 1.74. The van der Waals surface area contributed by atoms with Gasteiger partial charge in [-0.25, -0.2) is 0 Å². The number of aromatic nitrogens is 1. The molecule has 0 saturated carbocycles. The van der Waals surface area contributed by atoms with E-state index in [0.29, 0.717) is 0 Å². The molecule has 1 aromatic rings. The zero-order valence-corrected chi connectivity index (χ0v) is 7.45. The van der Waals surface area contributed by atoms with Crippen LogP contribution in [0.5, 0.6) is 0 Å². The molecule has 0 aromatic carbocycles. The monoisotopic (exact) mass is 162 g/mol. The van der Waals surface area contributed by atoms with Crippen LogP contribution >= 0.6 is 0 Å². The summed E-state index contributed by atoms with van der Waals surface area (Å²) in [6.45, 7) is 5.55. The van der Waals surface area contributed by atoms with Crippen LogP contribution in [-0.4, -0.2) is 16.4 Å². The molecular formula is C10H14N2. The smallest absolute Gasteiger partial charge is 0.0589 e. The third-order valence-corrected chi connectivity index (χ3v) is 2.29. The molecule has 0 saturated heterocycles. The fraction of sp³-hybridized carbons (Fsp3) is 0.500. The number of rotatable bonds is 2. The van der Waals surface area contributed by atoms with Crippen LogP contribution in [0.15, 0.2) is 18.3 Å². The Bertz CT molecular complexity index is 245. The third-order valence-electron chi connectivity index (χ3n) is 2.29. The van der Waals surface area contributed by atoms with Gasteiger partial charge in [-0.15, -0.1) is 0 Å². The van der Waals surface area contributed by atoms with E-state index in [1.807, 2.05) is 12.3 Å². The molecule has 1 aromatic heterocycles. The van der Waals surface area contributed by atoms with Crippen LogP contribution in [0.3, 0.4) is 0 Å². The van der Waals surface area contributed by atoms with Gasteiger partial charge in [-0.05, 0) is 24.6 Å². The molecule has 64 valence electrons. The number of nitrogens with zero attached hydrogens (tertiary/aromatic N) is 2. The van der Waals surface area contributed by atoms with Crippen LogP contribution in [0, 0.1) is 0 Å². The molecule has 2 rings (SSSR count). The van der Waals surface area contributed by atoms with Crippen LogP contribution in [0.25, 0.3) is 0 Å². The molecular weight excluding hydrogens is 148 g/mol. The Morgan fingerprint density at radius 1 is 1.50 bits per heavy atom. The van der Waals surface area contributed by atoms with Crippen molar-refractivity contribution in [2.45, 2.75) is 26.4 Å². The van der Waals surface area contributed by atoms with Gasteiger partial charge >= 0.3 is 0 Å². The summed E-state index contributed by atoms with van der Waals surface area (Å²) in [4.78, 5) is 6.79. The molecule has 2 heteroatoms. The van der Waals surface area contributed by atoms with Crippen LogP contribution in [0.1, 0.15) is 24.6 Å². The van der Waals surface area contributed by atoms with Gasteiger partial charge in [0, 0.05) is 19.3 Å². The van der Waals surface area contributed by atoms with E-state index in [0.717, 1.165) is 13.1 Å². The summed E-state index contributed by atoms with van der Waals surface area (Å²) in [6, 6.07) is 4.20. The zero-order chi connectivity index (χ0) is 8.39. The lowest BCUT2D eigenvalue weighted by molar-refractivity contribution is 0.283.